The molecule has 0 saturated carbocycles. The van der Waals surface area contributed by atoms with Gasteiger partial charge < -0.3 is 15.1 Å². The molecule has 1 fully saturated rings. The average Bonchev–Trinajstić information content (AvgIpc) is 3.03. The molecule has 2 heterocycles. The number of hydrogen-bond acceptors (Lipinski definition) is 7. The number of nitrogens with zero attached hydrogens (tertiary/aromatic N) is 2. The Morgan fingerprint density at radius 1 is 1.42 bits per heavy atom. The van der Waals surface area contributed by atoms with Crippen LogP contribution in [-0.4, -0.2) is 34.3 Å². The van der Waals surface area contributed by atoms with Crippen LogP contribution in [0.4, 0.5) is 11.4 Å². The molecule has 0 unspecified atom stereocenters. The molecule has 0 spiro atoms. The second-order valence-corrected chi connectivity index (χ2v) is 6.43. The number of halogens is 2. The van der Waals surface area contributed by atoms with E-state index < -0.39 is 10.7 Å². The molecule has 1 aliphatic heterocycles. The van der Waals surface area contributed by atoms with Gasteiger partial charge in [0.1, 0.15) is 5.02 Å². The minimum Gasteiger partial charge on any atom is -0.388 e. The zero-order chi connectivity index (χ0) is 18.0. The lowest BCUT2D eigenvalue weighted by atomic mass is 9.91. The van der Waals surface area contributed by atoms with E-state index >= 15 is 0 Å². The first-order valence-electron chi connectivity index (χ1n) is 7.96. The predicted octanol–water partition coefficient (Wildman–Crippen LogP) is 2.81. The summed E-state index contributed by atoms with van der Waals surface area (Å²) in [7, 11) is 0. The van der Waals surface area contributed by atoms with E-state index in [0.717, 1.165) is 25.9 Å². The number of rotatable bonds is 5. The Bertz CT molecular complexity index is 832. The molecule has 0 radical (unpaired) electrons. The van der Waals surface area contributed by atoms with Crippen LogP contribution in [0.1, 0.15) is 19.8 Å². The summed E-state index contributed by atoms with van der Waals surface area (Å²) in [5, 5.41) is 23.8. The van der Waals surface area contributed by atoms with Crippen molar-refractivity contribution in [2.45, 2.75) is 25.8 Å². The van der Waals surface area contributed by atoms with Crippen molar-refractivity contribution in [3.05, 3.63) is 37.8 Å². The number of aromatic nitrogens is 2. The fourth-order valence-electron chi connectivity index (χ4n) is 3.03. The third kappa shape index (κ3) is 4.35. The zero-order valence-electron chi connectivity index (χ0n) is 14.0. The first-order valence-corrected chi connectivity index (χ1v) is 8.34. The summed E-state index contributed by atoms with van der Waals surface area (Å²) in [4.78, 5) is 21.9. The number of nitro groups is 1. The lowest BCUT2D eigenvalue weighted by Crippen LogP contribution is -2.36. The van der Waals surface area contributed by atoms with E-state index in [9.17, 15) is 14.9 Å². The highest BCUT2D eigenvalue weighted by Gasteiger charge is 2.24. The molecule has 142 valence electrons. The van der Waals surface area contributed by atoms with Crippen LogP contribution >= 0.6 is 24.0 Å². The highest BCUT2D eigenvalue weighted by Crippen LogP contribution is 2.37. The van der Waals surface area contributed by atoms with Crippen LogP contribution in [0, 0.1) is 16.0 Å². The molecule has 3 N–H and O–H groups in total. The molecule has 1 aliphatic rings. The van der Waals surface area contributed by atoms with E-state index in [1.807, 2.05) is 6.92 Å². The van der Waals surface area contributed by atoms with Crippen LogP contribution < -0.4 is 16.4 Å². The second kappa shape index (κ2) is 8.52. The normalized spacial score (nSPS) is 15.9. The van der Waals surface area contributed by atoms with Crippen LogP contribution in [0.5, 0.6) is 0 Å². The fraction of sp³-hybridized carbons (Fsp3) is 0.467. The van der Waals surface area contributed by atoms with Gasteiger partial charge in [-0.15, -0.1) is 17.5 Å². The smallest absolute Gasteiger partial charge is 0.388 e. The topological polar surface area (TPSA) is 126 Å². The zero-order valence-corrected chi connectivity index (χ0v) is 15.5. The molecular formula is C15H19Cl2N5O4. The third-order valence-corrected chi connectivity index (χ3v) is 4.81. The fourth-order valence-corrected chi connectivity index (χ4v) is 3.26. The Hall–Kier alpha value is -2.10. The molecular weight excluding hydrogens is 385 g/mol. The Morgan fingerprint density at radius 2 is 2.12 bits per heavy atom. The highest BCUT2D eigenvalue weighted by molar-refractivity contribution is 6.35. The molecule has 11 heteroatoms. The number of hydrogen-bond donors (Lipinski definition) is 3. The molecule has 2 aromatic rings. The first kappa shape index (κ1) is 20.2. The number of H-pyrrole nitrogens is 1. The Labute approximate surface area is 160 Å². The van der Waals surface area contributed by atoms with Crippen LogP contribution in [0.15, 0.2) is 21.3 Å². The van der Waals surface area contributed by atoms with Crippen LogP contribution in [0.2, 0.25) is 5.02 Å². The maximum absolute atomic E-state index is 11.3. The van der Waals surface area contributed by atoms with Gasteiger partial charge in [-0.2, -0.15) is 0 Å². The average molecular weight is 404 g/mol. The van der Waals surface area contributed by atoms with Gasteiger partial charge in [0.25, 0.3) is 5.69 Å². The van der Waals surface area contributed by atoms with E-state index in [1.165, 1.54) is 6.07 Å². The molecule has 1 aromatic carbocycles. The largest absolute Gasteiger partial charge is 0.434 e. The van der Waals surface area contributed by atoms with Gasteiger partial charge in [-0.25, -0.2) is 9.89 Å². The lowest BCUT2D eigenvalue weighted by Gasteiger charge is -2.29. The van der Waals surface area contributed by atoms with Crippen molar-refractivity contribution >= 4 is 35.4 Å². The second-order valence-electron chi connectivity index (χ2n) is 6.05. The minimum atomic E-state index is -0.731. The van der Waals surface area contributed by atoms with Gasteiger partial charge in [0, 0.05) is 17.7 Å². The van der Waals surface area contributed by atoms with Gasteiger partial charge in [-0.3, -0.25) is 10.1 Å². The number of piperidine rings is 1. The van der Waals surface area contributed by atoms with Crippen molar-refractivity contribution in [3.8, 4) is 11.5 Å². The summed E-state index contributed by atoms with van der Waals surface area (Å²) in [5.41, 5.74) is 0.446. The SMILES string of the molecule is C[C@H](Nc1cc(-c2n[nH]c(=O)o2)cc([N+](=O)[O-])c1Cl)C1CCNCC1.Cl. The Kier molecular flexibility index (Phi) is 6.63. The van der Waals surface area contributed by atoms with Gasteiger partial charge in [0.15, 0.2) is 0 Å². The number of benzene rings is 1. The van der Waals surface area contributed by atoms with Gasteiger partial charge in [-0.1, -0.05) is 11.6 Å². The summed E-state index contributed by atoms with van der Waals surface area (Å²) >= 11 is 6.21. The molecule has 9 nitrogen and oxygen atoms in total. The van der Waals surface area contributed by atoms with Gasteiger partial charge in [0.2, 0.25) is 5.89 Å². The summed E-state index contributed by atoms with van der Waals surface area (Å²) < 4.78 is 4.90. The van der Waals surface area contributed by atoms with Crippen molar-refractivity contribution < 1.29 is 9.34 Å². The number of nitrogens with one attached hydrogen (secondary N) is 3. The molecule has 1 atom stereocenters. The van der Waals surface area contributed by atoms with Crippen molar-refractivity contribution in [1.82, 2.24) is 15.5 Å². The number of anilines is 1. The number of nitro benzene ring substituents is 1. The lowest BCUT2D eigenvalue weighted by molar-refractivity contribution is -0.384. The minimum absolute atomic E-state index is 0. The van der Waals surface area contributed by atoms with E-state index in [4.69, 9.17) is 16.0 Å². The monoisotopic (exact) mass is 403 g/mol. The Balaban J connectivity index is 0.00000243. The van der Waals surface area contributed by atoms with E-state index in [2.05, 4.69) is 20.8 Å². The molecule has 1 saturated heterocycles. The van der Waals surface area contributed by atoms with Crippen molar-refractivity contribution in [1.29, 1.82) is 0 Å². The van der Waals surface area contributed by atoms with E-state index in [1.54, 1.807) is 6.07 Å². The van der Waals surface area contributed by atoms with E-state index in [-0.39, 0.29) is 35.0 Å². The quantitative estimate of drug-likeness (QED) is 0.517. The summed E-state index contributed by atoms with van der Waals surface area (Å²) in [5.74, 6) is -0.323. The van der Waals surface area contributed by atoms with Gasteiger partial charge in [0.05, 0.1) is 10.6 Å². The maximum atomic E-state index is 11.3. The molecule has 3 rings (SSSR count). The van der Waals surface area contributed by atoms with Gasteiger partial charge >= 0.3 is 5.76 Å². The van der Waals surface area contributed by atoms with Crippen LogP contribution in [0.3, 0.4) is 0 Å². The first-order chi connectivity index (χ1) is 12.0. The van der Waals surface area contributed by atoms with Crippen molar-refractivity contribution in [2.75, 3.05) is 18.4 Å². The van der Waals surface area contributed by atoms with Crippen LogP contribution in [-0.2, 0) is 0 Å². The third-order valence-electron chi connectivity index (χ3n) is 4.41. The standard InChI is InChI=1S/C15H18ClN5O4.ClH/c1-8(9-2-4-17-5-3-9)18-11-6-10(14-19-20-15(22)25-14)7-12(13(11)16)21(23)24;/h6-9,17-18H,2-5H2,1H3,(H,20,22);1H/t8-;/m0./s1. The Morgan fingerprint density at radius 3 is 2.69 bits per heavy atom. The summed E-state index contributed by atoms with van der Waals surface area (Å²) in [6.45, 7) is 3.92. The molecule has 0 amide bonds. The summed E-state index contributed by atoms with van der Waals surface area (Å²) in [6, 6.07) is 2.93. The number of aromatic amines is 1. The van der Waals surface area contributed by atoms with Crippen molar-refractivity contribution in [2.24, 2.45) is 5.92 Å². The molecule has 1 aromatic heterocycles. The molecule has 0 bridgehead atoms. The summed E-state index contributed by atoms with van der Waals surface area (Å²) in [6.07, 6.45) is 2.03. The van der Waals surface area contributed by atoms with Crippen molar-refractivity contribution in [3.63, 3.8) is 0 Å². The molecule has 26 heavy (non-hydrogen) atoms. The maximum Gasteiger partial charge on any atom is 0.434 e. The van der Waals surface area contributed by atoms with E-state index in [0.29, 0.717) is 17.2 Å². The highest BCUT2D eigenvalue weighted by atomic mass is 35.5. The molecule has 0 aliphatic carbocycles. The predicted molar refractivity (Wildman–Crippen MR) is 100 cm³/mol. The van der Waals surface area contributed by atoms with Gasteiger partial charge in [-0.05, 0) is 44.8 Å². The van der Waals surface area contributed by atoms with Crippen LogP contribution in [0.25, 0.3) is 11.5 Å².